The number of nitrogens with one attached hydrogen (secondary N) is 2. The first-order chi connectivity index (χ1) is 13.0. The van der Waals surface area contributed by atoms with Crippen molar-refractivity contribution in [2.75, 3.05) is 31.5 Å². The number of likely N-dealkylation sites (N-methyl/N-ethyl adjacent to an activating group) is 2. The first-order valence-electron chi connectivity index (χ1n) is 8.83. The topological polar surface area (TPSA) is 61.4 Å². The Labute approximate surface area is 169 Å². The molecule has 27 heavy (non-hydrogen) atoms. The van der Waals surface area contributed by atoms with Gasteiger partial charge in [-0.2, -0.15) is 0 Å². The van der Waals surface area contributed by atoms with Gasteiger partial charge in [0.1, 0.15) is 0 Å². The zero-order valence-corrected chi connectivity index (χ0v) is 17.1. The van der Waals surface area contributed by atoms with Crippen molar-refractivity contribution in [2.45, 2.75) is 23.6 Å². The summed E-state index contributed by atoms with van der Waals surface area (Å²) in [5, 5.41) is 6.39. The van der Waals surface area contributed by atoms with Gasteiger partial charge in [-0.15, -0.1) is 0 Å². The van der Waals surface area contributed by atoms with Crippen LogP contribution < -0.4 is 10.6 Å². The van der Waals surface area contributed by atoms with Crippen LogP contribution >= 0.6 is 23.4 Å². The number of halogens is 1. The number of hydrogen-bond donors (Lipinski definition) is 2. The smallest absolute Gasteiger partial charge is 0.238 e. The molecule has 0 atom stereocenters. The third-order valence-corrected chi connectivity index (χ3v) is 5.09. The molecule has 0 radical (unpaired) electrons. The molecule has 2 N–H and O–H groups in total. The summed E-state index contributed by atoms with van der Waals surface area (Å²) in [5.74, 6) is -0.226. The minimum absolute atomic E-state index is 0.0779. The lowest BCUT2D eigenvalue weighted by Gasteiger charge is -2.19. The van der Waals surface area contributed by atoms with Crippen LogP contribution in [0, 0.1) is 0 Å². The molecule has 0 saturated carbocycles. The maximum Gasteiger partial charge on any atom is 0.238 e. The van der Waals surface area contributed by atoms with Crippen molar-refractivity contribution < 1.29 is 9.59 Å². The van der Waals surface area contributed by atoms with Crippen molar-refractivity contribution in [3.8, 4) is 0 Å². The molecule has 144 valence electrons. The Balaban J connectivity index is 2.00. The van der Waals surface area contributed by atoms with E-state index in [-0.39, 0.29) is 24.9 Å². The van der Waals surface area contributed by atoms with Crippen molar-refractivity contribution >= 4 is 40.9 Å². The number of benzene rings is 2. The van der Waals surface area contributed by atoms with Gasteiger partial charge < -0.3 is 10.6 Å². The number of hydrogen-bond acceptors (Lipinski definition) is 4. The highest BCUT2D eigenvalue weighted by molar-refractivity contribution is 7.99. The lowest BCUT2D eigenvalue weighted by Crippen LogP contribution is -2.41. The van der Waals surface area contributed by atoms with Gasteiger partial charge in [-0.25, -0.2) is 0 Å². The van der Waals surface area contributed by atoms with E-state index in [1.165, 1.54) is 0 Å². The normalized spacial score (nSPS) is 10.7. The molecule has 0 bridgehead atoms. The number of amides is 2. The molecule has 2 aromatic carbocycles. The predicted molar refractivity (Wildman–Crippen MR) is 111 cm³/mol. The second-order valence-electron chi connectivity index (χ2n) is 5.86. The Morgan fingerprint density at radius 3 is 2.33 bits per heavy atom. The lowest BCUT2D eigenvalue weighted by atomic mass is 10.3. The van der Waals surface area contributed by atoms with Crippen LogP contribution in [0.2, 0.25) is 5.02 Å². The van der Waals surface area contributed by atoms with E-state index in [1.807, 2.05) is 62.4 Å². The third kappa shape index (κ3) is 7.25. The van der Waals surface area contributed by atoms with Gasteiger partial charge in [-0.3, -0.25) is 14.5 Å². The number of carbonyl (C=O) groups is 2. The summed E-state index contributed by atoms with van der Waals surface area (Å²) in [4.78, 5) is 28.0. The second kappa shape index (κ2) is 11.0. The van der Waals surface area contributed by atoms with Crippen LogP contribution in [0.25, 0.3) is 0 Å². The van der Waals surface area contributed by atoms with Gasteiger partial charge in [0.25, 0.3) is 0 Å². The van der Waals surface area contributed by atoms with E-state index in [1.54, 1.807) is 16.7 Å². The zero-order valence-electron chi connectivity index (χ0n) is 15.5. The standard InChI is InChI=1S/C20H24ClN3O2S/c1-3-22-19(25)13-24(4-2)14-20(26)23-17-7-5-6-8-18(17)27-16-11-9-15(21)10-12-16/h5-12H,3-4,13-14H2,1-2H3,(H,22,25)(H,23,26). The number of nitrogens with zero attached hydrogens (tertiary/aromatic N) is 1. The van der Waals surface area contributed by atoms with Gasteiger partial charge in [-0.05, 0) is 49.9 Å². The SMILES string of the molecule is CCNC(=O)CN(CC)CC(=O)Nc1ccccc1Sc1ccc(Cl)cc1. The van der Waals surface area contributed by atoms with E-state index in [2.05, 4.69) is 10.6 Å². The molecule has 0 heterocycles. The summed E-state index contributed by atoms with van der Waals surface area (Å²) in [6, 6.07) is 15.2. The molecule has 2 amide bonds. The molecular formula is C20H24ClN3O2S. The average Bonchev–Trinajstić information content (AvgIpc) is 2.64. The van der Waals surface area contributed by atoms with E-state index in [4.69, 9.17) is 11.6 Å². The number of carbonyl (C=O) groups excluding carboxylic acids is 2. The fraction of sp³-hybridized carbons (Fsp3) is 0.300. The van der Waals surface area contributed by atoms with Crippen molar-refractivity contribution in [1.82, 2.24) is 10.2 Å². The Bertz CT molecular complexity index is 768. The average molecular weight is 406 g/mol. The van der Waals surface area contributed by atoms with Crippen LogP contribution in [0.1, 0.15) is 13.8 Å². The molecule has 0 aliphatic carbocycles. The Hall–Kier alpha value is -2.02. The van der Waals surface area contributed by atoms with Crippen LogP contribution in [0.15, 0.2) is 58.3 Å². The molecule has 0 aromatic heterocycles. The predicted octanol–water partition coefficient (Wildman–Crippen LogP) is 3.89. The first kappa shape index (κ1) is 21.3. The molecule has 0 aliphatic heterocycles. The molecule has 7 heteroatoms. The molecule has 2 aromatic rings. The fourth-order valence-electron chi connectivity index (χ4n) is 2.42. The van der Waals surface area contributed by atoms with Gasteiger partial charge in [0.2, 0.25) is 11.8 Å². The van der Waals surface area contributed by atoms with E-state index in [0.717, 1.165) is 15.5 Å². The number of para-hydroxylation sites is 1. The minimum Gasteiger partial charge on any atom is -0.355 e. The summed E-state index contributed by atoms with van der Waals surface area (Å²) < 4.78 is 0. The molecule has 0 spiro atoms. The van der Waals surface area contributed by atoms with Gasteiger partial charge in [0.05, 0.1) is 18.8 Å². The summed E-state index contributed by atoms with van der Waals surface area (Å²) in [6.45, 7) is 5.36. The molecule has 0 saturated heterocycles. The van der Waals surface area contributed by atoms with E-state index in [0.29, 0.717) is 18.1 Å². The second-order valence-corrected chi connectivity index (χ2v) is 7.41. The number of anilines is 1. The van der Waals surface area contributed by atoms with E-state index >= 15 is 0 Å². The molecule has 0 aliphatic rings. The highest BCUT2D eigenvalue weighted by Crippen LogP contribution is 2.33. The van der Waals surface area contributed by atoms with Crippen LogP contribution in [0.3, 0.4) is 0 Å². The molecule has 2 rings (SSSR count). The van der Waals surface area contributed by atoms with Crippen molar-refractivity contribution in [3.05, 3.63) is 53.6 Å². The van der Waals surface area contributed by atoms with Gasteiger partial charge in [0, 0.05) is 21.4 Å². The quantitative estimate of drug-likeness (QED) is 0.664. The van der Waals surface area contributed by atoms with Crippen LogP contribution in [0.5, 0.6) is 0 Å². The summed E-state index contributed by atoms with van der Waals surface area (Å²) >= 11 is 7.49. The Morgan fingerprint density at radius 2 is 1.67 bits per heavy atom. The molecular weight excluding hydrogens is 382 g/mol. The maximum atomic E-state index is 12.5. The lowest BCUT2D eigenvalue weighted by molar-refractivity contribution is -0.123. The molecule has 0 fully saturated rings. The Kier molecular flexibility index (Phi) is 8.64. The largest absolute Gasteiger partial charge is 0.355 e. The van der Waals surface area contributed by atoms with Crippen LogP contribution in [-0.2, 0) is 9.59 Å². The van der Waals surface area contributed by atoms with E-state index < -0.39 is 0 Å². The summed E-state index contributed by atoms with van der Waals surface area (Å²) in [5.41, 5.74) is 0.747. The fourth-order valence-corrected chi connectivity index (χ4v) is 3.44. The van der Waals surface area contributed by atoms with Crippen molar-refractivity contribution in [1.29, 1.82) is 0 Å². The third-order valence-electron chi connectivity index (χ3n) is 3.76. The monoisotopic (exact) mass is 405 g/mol. The summed E-state index contributed by atoms with van der Waals surface area (Å²) in [6.07, 6.45) is 0. The highest BCUT2D eigenvalue weighted by atomic mass is 35.5. The number of rotatable bonds is 9. The van der Waals surface area contributed by atoms with E-state index in [9.17, 15) is 9.59 Å². The zero-order chi connectivity index (χ0) is 19.6. The van der Waals surface area contributed by atoms with Gasteiger partial charge in [0.15, 0.2) is 0 Å². The Morgan fingerprint density at radius 1 is 1.00 bits per heavy atom. The van der Waals surface area contributed by atoms with Crippen molar-refractivity contribution in [3.63, 3.8) is 0 Å². The van der Waals surface area contributed by atoms with Crippen molar-refractivity contribution in [2.24, 2.45) is 0 Å². The highest BCUT2D eigenvalue weighted by Gasteiger charge is 2.14. The first-order valence-corrected chi connectivity index (χ1v) is 10.0. The summed E-state index contributed by atoms with van der Waals surface area (Å²) in [7, 11) is 0. The molecule has 0 unspecified atom stereocenters. The van der Waals surface area contributed by atoms with Crippen LogP contribution in [0.4, 0.5) is 5.69 Å². The van der Waals surface area contributed by atoms with Gasteiger partial charge >= 0.3 is 0 Å². The van der Waals surface area contributed by atoms with Gasteiger partial charge in [-0.1, -0.05) is 42.4 Å². The van der Waals surface area contributed by atoms with Crippen LogP contribution in [-0.4, -0.2) is 42.9 Å². The maximum absolute atomic E-state index is 12.5. The minimum atomic E-state index is -0.148. The molecule has 5 nitrogen and oxygen atoms in total.